The topological polar surface area (TPSA) is 37.3 Å². The predicted octanol–water partition coefficient (Wildman–Crippen LogP) is 8.49. The second-order valence-electron chi connectivity index (χ2n) is 10.1. The lowest BCUT2D eigenvalue weighted by Crippen LogP contribution is -2.25. The summed E-state index contributed by atoms with van der Waals surface area (Å²) >= 11 is 0. The zero-order chi connectivity index (χ0) is 24.4. The van der Waals surface area contributed by atoms with Crippen molar-refractivity contribution in [2.24, 2.45) is 17.8 Å². The Hall–Kier alpha value is -2.37. The Morgan fingerprint density at radius 3 is 1.94 bits per heavy atom. The number of hydrogen-bond acceptors (Lipinski definition) is 1. The first-order chi connectivity index (χ1) is 16.3. The first-order valence-corrected chi connectivity index (χ1v) is 12.5. The van der Waals surface area contributed by atoms with Crippen LogP contribution < -0.4 is 0 Å². The largest absolute Gasteiger partial charge is 0.478 e. The summed E-state index contributed by atoms with van der Waals surface area (Å²) in [6, 6.07) is 4.26. The minimum absolute atomic E-state index is 0.0452. The second kappa shape index (κ2) is 10.5. The molecule has 2 fully saturated rings. The van der Waals surface area contributed by atoms with Crippen LogP contribution in [0.15, 0.2) is 24.3 Å². The van der Waals surface area contributed by atoms with Gasteiger partial charge in [-0.05, 0) is 91.5 Å². The van der Waals surface area contributed by atoms with E-state index in [4.69, 9.17) is 0 Å². The average Bonchev–Trinajstić information content (AvgIpc) is 2.82. The number of hydrogen-bond donors (Lipinski definition) is 1. The lowest BCUT2D eigenvalue weighted by Gasteiger charge is -2.38. The normalized spacial score (nSPS) is 25.3. The highest BCUT2D eigenvalue weighted by Gasteiger charge is 2.33. The van der Waals surface area contributed by atoms with Gasteiger partial charge in [-0.1, -0.05) is 38.7 Å². The molecule has 184 valence electrons. The molecule has 0 spiro atoms. The summed E-state index contributed by atoms with van der Waals surface area (Å²) < 4.78 is 56.8. The maximum Gasteiger partial charge on any atom is 0.338 e. The molecule has 1 N–H and O–H groups in total. The van der Waals surface area contributed by atoms with Gasteiger partial charge < -0.3 is 5.11 Å². The van der Waals surface area contributed by atoms with Crippen molar-refractivity contribution < 1.29 is 27.5 Å². The van der Waals surface area contributed by atoms with E-state index in [1.807, 2.05) is 0 Å². The lowest BCUT2D eigenvalue weighted by molar-refractivity contribution is 0.0692. The summed E-state index contributed by atoms with van der Waals surface area (Å²) in [5.41, 5.74) is -0.343. The molecule has 0 saturated heterocycles. The molecular weight excluding hydrogens is 444 g/mol. The SMILES string of the molecule is CCCC1CCC(C2CCC(c3ccc(C(=O)O)c(F)c3-c3cc(F)c(F)c(F)c3)CC2)CC1. The molecule has 2 aliphatic carbocycles. The van der Waals surface area contributed by atoms with Crippen molar-refractivity contribution in [3.05, 3.63) is 58.7 Å². The Labute approximate surface area is 198 Å². The number of halogens is 4. The first-order valence-electron chi connectivity index (χ1n) is 12.5. The Balaban J connectivity index is 1.57. The van der Waals surface area contributed by atoms with E-state index in [0.717, 1.165) is 49.7 Å². The Morgan fingerprint density at radius 2 is 1.41 bits per heavy atom. The van der Waals surface area contributed by atoms with Crippen LogP contribution >= 0.6 is 0 Å². The van der Waals surface area contributed by atoms with Crippen molar-refractivity contribution in [3.63, 3.8) is 0 Å². The maximum atomic E-state index is 15.3. The first kappa shape index (κ1) is 24.7. The van der Waals surface area contributed by atoms with E-state index in [1.54, 1.807) is 6.07 Å². The van der Waals surface area contributed by atoms with Crippen LogP contribution in [0, 0.1) is 41.0 Å². The average molecular weight is 477 g/mol. The minimum Gasteiger partial charge on any atom is -0.478 e. The fourth-order valence-electron chi connectivity index (χ4n) is 6.35. The van der Waals surface area contributed by atoms with Gasteiger partial charge >= 0.3 is 5.97 Å². The summed E-state index contributed by atoms with van der Waals surface area (Å²) in [5.74, 6) is -4.82. The van der Waals surface area contributed by atoms with Crippen LogP contribution in [0.4, 0.5) is 17.6 Å². The fourth-order valence-corrected chi connectivity index (χ4v) is 6.35. The monoisotopic (exact) mass is 476 g/mol. The van der Waals surface area contributed by atoms with E-state index >= 15 is 4.39 Å². The predicted molar refractivity (Wildman–Crippen MR) is 124 cm³/mol. The molecule has 0 atom stereocenters. The Morgan fingerprint density at radius 1 is 0.853 bits per heavy atom. The highest BCUT2D eigenvalue weighted by Crippen LogP contribution is 2.46. The molecule has 2 aliphatic rings. The maximum absolute atomic E-state index is 15.3. The van der Waals surface area contributed by atoms with Crippen molar-refractivity contribution in [1.29, 1.82) is 0 Å². The van der Waals surface area contributed by atoms with E-state index in [2.05, 4.69) is 6.92 Å². The van der Waals surface area contributed by atoms with E-state index in [9.17, 15) is 23.1 Å². The lowest BCUT2D eigenvalue weighted by atomic mass is 9.67. The van der Waals surface area contributed by atoms with Crippen LogP contribution in [0.2, 0.25) is 0 Å². The Kier molecular flexibility index (Phi) is 7.63. The highest BCUT2D eigenvalue weighted by atomic mass is 19.2. The van der Waals surface area contributed by atoms with Crippen LogP contribution in [-0.4, -0.2) is 11.1 Å². The van der Waals surface area contributed by atoms with E-state index in [0.29, 0.717) is 11.5 Å². The van der Waals surface area contributed by atoms with Gasteiger partial charge in [0.25, 0.3) is 0 Å². The van der Waals surface area contributed by atoms with Gasteiger partial charge in [-0.2, -0.15) is 0 Å². The molecule has 0 unspecified atom stereocenters. The molecule has 0 bridgehead atoms. The summed E-state index contributed by atoms with van der Waals surface area (Å²) in [6.45, 7) is 2.24. The van der Waals surface area contributed by atoms with Gasteiger partial charge in [0.2, 0.25) is 0 Å². The molecule has 0 aliphatic heterocycles. The van der Waals surface area contributed by atoms with Crippen molar-refractivity contribution >= 4 is 5.97 Å². The van der Waals surface area contributed by atoms with Crippen molar-refractivity contribution in [2.75, 3.05) is 0 Å². The zero-order valence-electron chi connectivity index (χ0n) is 19.6. The molecular formula is C28H32F4O2. The van der Waals surface area contributed by atoms with Gasteiger partial charge in [-0.15, -0.1) is 0 Å². The molecule has 2 nitrogen and oxygen atoms in total. The summed E-state index contributed by atoms with van der Waals surface area (Å²) in [6.07, 6.45) is 11.3. The van der Waals surface area contributed by atoms with Crippen molar-refractivity contribution in [3.8, 4) is 11.1 Å². The van der Waals surface area contributed by atoms with Crippen LogP contribution in [0.25, 0.3) is 11.1 Å². The number of aromatic carboxylic acids is 1. The van der Waals surface area contributed by atoms with Crippen LogP contribution in [-0.2, 0) is 0 Å². The van der Waals surface area contributed by atoms with E-state index < -0.39 is 34.8 Å². The van der Waals surface area contributed by atoms with Gasteiger partial charge in [0.15, 0.2) is 17.5 Å². The van der Waals surface area contributed by atoms with Gasteiger partial charge in [-0.3, -0.25) is 0 Å². The Bertz CT molecular complexity index is 1010. The smallest absolute Gasteiger partial charge is 0.338 e. The van der Waals surface area contributed by atoms with Crippen molar-refractivity contribution in [1.82, 2.24) is 0 Å². The summed E-state index contributed by atoms with van der Waals surface area (Å²) in [5, 5.41) is 9.37. The summed E-state index contributed by atoms with van der Waals surface area (Å²) in [7, 11) is 0. The van der Waals surface area contributed by atoms with Crippen LogP contribution in [0.3, 0.4) is 0 Å². The number of carbonyl (C=O) groups is 1. The molecule has 2 saturated carbocycles. The molecule has 4 rings (SSSR count). The molecule has 0 heterocycles. The minimum atomic E-state index is -1.63. The third-order valence-corrected chi connectivity index (χ3v) is 8.14. The zero-order valence-corrected chi connectivity index (χ0v) is 19.6. The number of carboxylic acid groups (broad SMARTS) is 1. The molecule has 6 heteroatoms. The fraction of sp³-hybridized carbons (Fsp3) is 0.536. The number of benzene rings is 2. The van der Waals surface area contributed by atoms with Gasteiger partial charge in [0.1, 0.15) is 5.82 Å². The summed E-state index contributed by atoms with van der Waals surface area (Å²) in [4.78, 5) is 11.5. The highest BCUT2D eigenvalue weighted by molar-refractivity contribution is 5.90. The van der Waals surface area contributed by atoms with Crippen LogP contribution in [0.5, 0.6) is 0 Å². The quantitative estimate of drug-likeness (QED) is 0.335. The van der Waals surface area contributed by atoms with Gasteiger partial charge in [-0.25, -0.2) is 22.4 Å². The van der Waals surface area contributed by atoms with Gasteiger partial charge in [0.05, 0.1) is 5.56 Å². The molecule has 2 aromatic rings. The second-order valence-corrected chi connectivity index (χ2v) is 10.1. The number of carboxylic acids is 1. The molecule has 34 heavy (non-hydrogen) atoms. The molecule has 0 aromatic heterocycles. The standard InChI is InChI=1S/C28H32F4O2/c1-2-3-16-4-6-17(7-5-16)18-8-10-19(11-9-18)21-12-13-22(28(33)34)26(31)25(21)20-14-23(29)27(32)24(30)15-20/h12-19H,2-11H2,1H3,(H,33,34). The van der Waals surface area contributed by atoms with E-state index in [-0.39, 0.29) is 17.0 Å². The molecule has 0 radical (unpaired) electrons. The van der Waals surface area contributed by atoms with Crippen LogP contribution in [0.1, 0.15) is 93.0 Å². The molecule has 0 amide bonds. The van der Waals surface area contributed by atoms with Crippen molar-refractivity contribution in [2.45, 2.75) is 77.0 Å². The third kappa shape index (κ3) is 5.01. The third-order valence-electron chi connectivity index (χ3n) is 8.14. The molecule has 2 aromatic carbocycles. The van der Waals surface area contributed by atoms with E-state index in [1.165, 1.54) is 44.6 Å². The van der Waals surface area contributed by atoms with Gasteiger partial charge in [0, 0.05) is 5.56 Å². The number of rotatable bonds is 6.